The molecule has 0 unspecified atom stereocenters. The summed E-state index contributed by atoms with van der Waals surface area (Å²) in [6.45, 7) is 3.31. The van der Waals surface area contributed by atoms with E-state index in [0.717, 1.165) is 12.8 Å². The average molecular weight is 270 g/mol. The van der Waals surface area contributed by atoms with Gasteiger partial charge in [0.05, 0.1) is 17.4 Å². The van der Waals surface area contributed by atoms with Crippen LogP contribution in [0.25, 0.3) is 0 Å². The lowest BCUT2D eigenvalue weighted by atomic mass is 9.92. The highest BCUT2D eigenvalue weighted by atomic mass is 35.5. The zero-order valence-electron chi connectivity index (χ0n) is 10.2. The van der Waals surface area contributed by atoms with E-state index in [2.05, 4.69) is 10.3 Å². The maximum atomic E-state index is 12.2. The van der Waals surface area contributed by atoms with Gasteiger partial charge in [-0.2, -0.15) is 0 Å². The number of pyridine rings is 1. The Morgan fingerprint density at radius 2 is 2.22 bits per heavy atom. The maximum Gasteiger partial charge on any atom is 0.254 e. The number of hydrogen-bond donors (Lipinski definition) is 2. The van der Waals surface area contributed by atoms with Crippen molar-refractivity contribution >= 4 is 23.2 Å². The lowest BCUT2D eigenvalue weighted by molar-refractivity contribution is 0.0423. The van der Waals surface area contributed by atoms with Gasteiger partial charge < -0.3 is 15.8 Å². The molecule has 1 saturated heterocycles. The summed E-state index contributed by atoms with van der Waals surface area (Å²) in [5.41, 5.74) is 6.08. The zero-order chi connectivity index (χ0) is 13.2. The fourth-order valence-corrected chi connectivity index (χ4v) is 2.10. The van der Waals surface area contributed by atoms with Crippen LogP contribution in [-0.4, -0.2) is 29.6 Å². The van der Waals surface area contributed by atoms with E-state index in [9.17, 15) is 4.79 Å². The lowest BCUT2D eigenvalue weighted by Crippen LogP contribution is -2.49. The fourth-order valence-electron chi connectivity index (χ4n) is 1.91. The summed E-state index contributed by atoms with van der Waals surface area (Å²) in [5, 5.41) is 3.14. The topological polar surface area (TPSA) is 77.2 Å². The minimum Gasteiger partial charge on any atom is -0.397 e. The molecule has 0 bridgehead atoms. The van der Waals surface area contributed by atoms with Gasteiger partial charge in [0.15, 0.2) is 0 Å². The van der Waals surface area contributed by atoms with Crippen molar-refractivity contribution in [2.24, 2.45) is 0 Å². The van der Waals surface area contributed by atoms with Gasteiger partial charge in [0.2, 0.25) is 0 Å². The van der Waals surface area contributed by atoms with E-state index >= 15 is 0 Å². The first-order chi connectivity index (χ1) is 8.50. The van der Waals surface area contributed by atoms with Crippen LogP contribution in [0.1, 0.15) is 30.1 Å². The van der Waals surface area contributed by atoms with Crippen LogP contribution in [0.2, 0.25) is 5.15 Å². The van der Waals surface area contributed by atoms with Crippen molar-refractivity contribution in [1.82, 2.24) is 10.3 Å². The zero-order valence-corrected chi connectivity index (χ0v) is 11.0. The predicted molar refractivity (Wildman–Crippen MR) is 69.6 cm³/mol. The van der Waals surface area contributed by atoms with Gasteiger partial charge in [-0.3, -0.25) is 4.79 Å². The minimum absolute atomic E-state index is 0.164. The first-order valence-corrected chi connectivity index (χ1v) is 6.19. The third-order valence-electron chi connectivity index (χ3n) is 3.12. The Labute approximate surface area is 111 Å². The molecule has 2 heterocycles. The van der Waals surface area contributed by atoms with Gasteiger partial charge in [-0.1, -0.05) is 11.6 Å². The van der Waals surface area contributed by atoms with Crippen LogP contribution in [0, 0.1) is 0 Å². The summed E-state index contributed by atoms with van der Waals surface area (Å²) in [7, 11) is 0. The van der Waals surface area contributed by atoms with Crippen molar-refractivity contribution in [3.63, 3.8) is 0 Å². The SMILES string of the molecule is CC1(NC(=O)c2cc(N)cnc2Cl)CCOCC1. The first-order valence-electron chi connectivity index (χ1n) is 5.81. The normalized spacial score (nSPS) is 18.3. The Morgan fingerprint density at radius 3 is 2.89 bits per heavy atom. The number of nitrogens with one attached hydrogen (secondary N) is 1. The summed E-state index contributed by atoms with van der Waals surface area (Å²) in [4.78, 5) is 16.0. The fraction of sp³-hybridized carbons (Fsp3) is 0.500. The number of amides is 1. The van der Waals surface area contributed by atoms with Crippen molar-refractivity contribution in [3.05, 3.63) is 23.0 Å². The predicted octanol–water partition coefficient (Wildman–Crippen LogP) is 1.62. The highest BCUT2D eigenvalue weighted by Gasteiger charge is 2.30. The summed E-state index contributed by atoms with van der Waals surface area (Å²) in [6, 6.07) is 1.54. The number of carbonyl (C=O) groups is 1. The number of nitrogens with two attached hydrogens (primary N) is 1. The average Bonchev–Trinajstić information content (AvgIpc) is 2.32. The molecular formula is C12H16ClN3O2. The van der Waals surface area contributed by atoms with Crippen molar-refractivity contribution < 1.29 is 9.53 Å². The number of hydrogen-bond acceptors (Lipinski definition) is 4. The Balaban J connectivity index is 2.14. The number of halogens is 1. The van der Waals surface area contributed by atoms with Crippen molar-refractivity contribution in [2.45, 2.75) is 25.3 Å². The van der Waals surface area contributed by atoms with Gasteiger partial charge in [-0.15, -0.1) is 0 Å². The van der Waals surface area contributed by atoms with Gasteiger partial charge in [0.1, 0.15) is 5.15 Å². The van der Waals surface area contributed by atoms with Crippen LogP contribution >= 0.6 is 11.6 Å². The van der Waals surface area contributed by atoms with Gasteiger partial charge in [-0.25, -0.2) is 4.98 Å². The van der Waals surface area contributed by atoms with Crippen molar-refractivity contribution in [1.29, 1.82) is 0 Å². The molecule has 6 heteroatoms. The molecule has 0 radical (unpaired) electrons. The van der Waals surface area contributed by atoms with Crippen LogP contribution in [-0.2, 0) is 4.74 Å². The van der Waals surface area contributed by atoms with Crippen LogP contribution in [0.5, 0.6) is 0 Å². The number of nitrogen functional groups attached to an aromatic ring is 1. The maximum absolute atomic E-state index is 12.2. The third kappa shape index (κ3) is 2.91. The lowest BCUT2D eigenvalue weighted by Gasteiger charge is -2.34. The highest BCUT2D eigenvalue weighted by molar-refractivity contribution is 6.32. The summed E-state index contributed by atoms with van der Waals surface area (Å²) >= 11 is 5.90. The highest BCUT2D eigenvalue weighted by Crippen LogP contribution is 2.22. The molecule has 1 aromatic heterocycles. The summed E-state index contributed by atoms with van der Waals surface area (Å²) in [5.74, 6) is -0.246. The molecule has 18 heavy (non-hydrogen) atoms. The monoisotopic (exact) mass is 269 g/mol. The van der Waals surface area contributed by atoms with E-state index < -0.39 is 0 Å². The molecule has 0 spiro atoms. The number of nitrogens with zero attached hydrogens (tertiary/aromatic N) is 1. The minimum atomic E-state index is -0.261. The van der Waals surface area contributed by atoms with Gasteiger partial charge in [-0.05, 0) is 25.8 Å². The molecular weight excluding hydrogens is 254 g/mol. The summed E-state index contributed by atoms with van der Waals surface area (Å²) < 4.78 is 5.29. The number of rotatable bonds is 2. The van der Waals surface area contributed by atoms with Crippen LogP contribution in [0.4, 0.5) is 5.69 Å². The van der Waals surface area contributed by atoms with Crippen molar-refractivity contribution in [2.75, 3.05) is 18.9 Å². The Kier molecular flexibility index (Phi) is 3.73. The molecule has 1 fully saturated rings. The molecule has 0 saturated carbocycles. The molecule has 2 rings (SSSR count). The second-order valence-corrected chi connectivity index (χ2v) is 5.09. The van der Waals surface area contributed by atoms with E-state index in [1.807, 2.05) is 6.92 Å². The molecule has 0 atom stereocenters. The van der Waals surface area contributed by atoms with Crippen molar-refractivity contribution in [3.8, 4) is 0 Å². The van der Waals surface area contributed by atoms with Gasteiger partial charge >= 0.3 is 0 Å². The van der Waals surface area contributed by atoms with E-state index in [0.29, 0.717) is 24.5 Å². The first kappa shape index (κ1) is 13.1. The van der Waals surface area contributed by atoms with Gasteiger partial charge in [0.25, 0.3) is 5.91 Å². The quantitative estimate of drug-likeness (QED) is 0.800. The molecule has 0 aromatic carbocycles. The van der Waals surface area contributed by atoms with E-state index in [1.54, 1.807) is 0 Å². The number of anilines is 1. The Morgan fingerprint density at radius 1 is 1.56 bits per heavy atom. The smallest absolute Gasteiger partial charge is 0.254 e. The third-order valence-corrected chi connectivity index (χ3v) is 3.42. The largest absolute Gasteiger partial charge is 0.397 e. The van der Waals surface area contributed by atoms with E-state index in [4.69, 9.17) is 22.1 Å². The molecule has 1 aromatic rings. The second-order valence-electron chi connectivity index (χ2n) is 4.73. The molecule has 0 aliphatic carbocycles. The van der Waals surface area contributed by atoms with E-state index in [-0.39, 0.29) is 16.6 Å². The van der Waals surface area contributed by atoms with Crippen LogP contribution < -0.4 is 11.1 Å². The Hall–Kier alpha value is -1.33. The standard InChI is InChI=1S/C12H16ClN3O2/c1-12(2-4-18-5-3-12)16-11(17)9-6-8(14)7-15-10(9)13/h6-7H,2-5,14H2,1H3,(H,16,17). The number of ether oxygens (including phenoxy) is 1. The number of carbonyl (C=O) groups excluding carboxylic acids is 1. The van der Waals surface area contributed by atoms with Crippen LogP contribution in [0.15, 0.2) is 12.3 Å². The molecule has 3 N–H and O–H groups in total. The molecule has 1 aliphatic rings. The summed E-state index contributed by atoms with van der Waals surface area (Å²) in [6.07, 6.45) is 2.99. The molecule has 1 aliphatic heterocycles. The second kappa shape index (κ2) is 5.12. The molecule has 5 nitrogen and oxygen atoms in total. The number of aromatic nitrogens is 1. The molecule has 98 valence electrons. The Bertz CT molecular complexity index is 459. The van der Waals surface area contributed by atoms with Gasteiger partial charge in [0, 0.05) is 18.8 Å². The molecule has 1 amide bonds. The van der Waals surface area contributed by atoms with E-state index in [1.165, 1.54) is 12.3 Å². The van der Waals surface area contributed by atoms with Crippen LogP contribution in [0.3, 0.4) is 0 Å².